The van der Waals surface area contributed by atoms with Crippen LogP contribution in [0.2, 0.25) is 0 Å². The molecule has 0 radical (unpaired) electrons. The molecule has 0 saturated heterocycles. The monoisotopic (exact) mass is 564 g/mol. The molecule has 3 aromatic carbocycles. The Labute approximate surface area is 224 Å². The molecule has 0 heterocycles. The fourth-order valence-corrected chi connectivity index (χ4v) is 3.80. The highest BCUT2D eigenvalue weighted by Gasteiger charge is 2.42. The van der Waals surface area contributed by atoms with Crippen LogP contribution < -0.4 is 4.18 Å². The molecule has 3 aromatic rings. The van der Waals surface area contributed by atoms with Crippen molar-refractivity contribution in [1.29, 1.82) is 0 Å². The number of hydrogen-bond acceptors (Lipinski definition) is 9. The average Bonchev–Trinajstić information content (AvgIpc) is 2.90. The van der Waals surface area contributed by atoms with Gasteiger partial charge < -0.3 is 23.1 Å². The van der Waals surface area contributed by atoms with Gasteiger partial charge in [-0.3, -0.25) is 0 Å². The van der Waals surface area contributed by atoms with Gasteiger partial charge >= 0.3 is 27.7 Å². The Morgan fingerprint density at radius 1 is 0.718 bits per heavy atom. The summed E-state index contributed by atoms with van der Waals surface area (Å²) in [6.45, 7) is 0.433. The van der Waals surface area contributed by atoms with Crippen LogP contribution in [0.3, 0.4) is 0 Å². The minimum atomic E-state index is -5.46. The molecule has 0 saturated carbocycles. The van der Waals surface area contributed by atoms with E-state index in [2.05, 4.69) is 0 Å². The van der Waals surface area contributed by atoms with Crippen LogP contribution in [0.4, 0.5) is 18.4 Å². The van der Waals surface area contributed by atoms with Crippen molar-refractivity contribution in [3.8, 4) is 5.75 Å². The van der Waals surface area contributed by atoms with Crippen LogP contribution in [0.5, 0.6) is 5.75 Å². The van der Waals surface area contributed by atoms with E-state index in [1.165, 1.54) is 12.1 Å². The molecule has 9 nitrogen and oxygen atoms in total. The second kappa shape index (κ2) is 13.1. The summed E-state index contributed by atoms with van der Waals surface area (Å²) < 4.78 is 76.8. The zero-order valence-electron chi connectivity index (χ0n) is 21.1. The van der Waals surface area contributed by atoms with Gasteiger partial charge in [-0.15, -0.1) is 0 Å². The van der Waals surface area contributed by atoms with Crippen molar-refractivity contribution in [2.75, 3.05) is 0 Å². The molecule has 0 aliphatic carbocycles. The van der Waals surface area contributed by atoms with Gasteiger partial charge in [-0.05, 0) is 30.2 Å². The number of carbonyl (C=O) groups is 2. The summed E-state index contributed by atoms with van der Waals surface area (Å²) in [5.74, 6) is -0.575. The van der Waals surface area contributed by atoms with E-state index in [1.54, 1.807) is 67.6 Å². The maximum absolute atomic E-state index is 13.8. The molecule has 0 bridgehead atoms. The smallest absolute Gasteiger partial charge is 0.429 e. The number of rotatable bonds is 11. The van der Waals surface area contributed by atoms with E-state index in [9.17, 15) is 26.8 Å². The Kier molecular flexibility index (Phi) is 9.83. The summed E-state index contributed by atoms with van der Waals surface area (Å²) in [4.78, 5) is 24.2. The highest BCUT2D eigenvalue weighted by atomic mass is 32.2. The van der Waals surface area contributed by atoms with Gasteiger partial charge in [-0.1, -0.05) is 66.2 Å². The van der Waals surface area contributed by atoms with Crippen molar-refractivity contribution in [2.24, 2.45) is 0 Å². The van der Waals surface area contributed by atoms with Gasteiger partial charge in [0.1, 0.15) is 26.4 Å². The number of ether oxygens (including phenoxy) is 4. The van der Waals surface area contributed by atoms with Gasteiger partial charge in [-0.25, -0.2) is 9.59 Å². The van der Waals surface area contributed by atoms with Crippen LogP contribution >= 0.6 is 0 Å². The summed E-state index contributed by atoms with van der Waals surface area (Å²) >= 11 is 0. The summed E-state index contributed by atoms with van der Waals surface area (Å²) in [5.41, 5.74) is 1.76. The zero-order valence-corrected chi connectivity index (χ0v) is 21.9. The van der Waals surface area contributed by atoms with Crippen LogP contribution in [0, 0.1) is 6.92 Å². The predicted octanol–water partition coefficient (Wildman–Crippen LogP) is 6.02. The molecule has 208 valence electrons. The standard InChI is InChI=1S/C27H26F2O9S/c1-19-13-22(17-36-25(30)34-15-20-9-5-3-6-10-20)24(38-39(32,33)27(2,28)29)23(14-19)18-37-26(31)35-16-21-11-7-4-8-12-21/h3-14H,15-18H2,1-2H3. The number of halogens is 2. The third kappa shape index (κ3) is 8.95. The SMILES string of the molecule is Cc1cc(COC(=O)OCc2ccccc2)c(OS(=O)(=O)C(C)(F)F)c(COC(=O)OCc2ccccc2)c1. The molecule has 12 heteroatoms. The van der Waals surface area contributed by atoms with E-state index < -0.39 is 46.6 Å². The first kappa shape index (κ1) is 29.4. The number of carbonyl (C=O) groups excluding carboxylic acids is 2. The topological polar surface area (TPSA) is 114 Å². The van der Waals surface area contributed by atoms with Gasteiger partial charge in [0, 0.05) is 18.1 Å². The van der Waals surface area contributed by atoms with Crippen molar-refractivity contribution in [1.82, 2.24) is 0 Å². The third-order valence-electron chi connectivity index (χ3n) is 5.11. The van der Waals surface area contributed by atoms with Crippen LogP contribution in [0.1, 0.15) is 34.7 Å². The van der Waals surface area contributed by atoms with Gasteiger partial charge in [0.2, 0.25) is 0 Å². The summed E-state index contributed by atoms with van der Waals surface area (Å²) in [7, 11) is -5.46. The van der Waals surface area contributed by atoms with Crippen molar-refractivity contribution in [2.45, 2.75) is 45.5 Å². The quantitative estimate of drug-likeness (QED) is 0.204. The zero-order chi connectivity index (χ0) is 28.5. The first-order valence-corrected chi connectivity index (χ1v) is 13.0. The number of hydrogen-bond donors (Lipinski definition) is 0. The molecule has 0 aliphatic rings. The molecule has 0 aromatic heterocycles. The van der Waals surface area contributed by atoms with E-state index in [0.29, 0.717) is 16.7 Å². The molecule has 0 unspecified atom stereocenters. The Balaban J connectivity index is 1.75. The van der Waals surface area contributed by atoms with E-state index >= 15 is 0 Å². The van der Waals surface area contributed by atoms with E-state index in [-0.39, 0.29) is 31.3 Å². The Bertz CT molecular complexity index is 1290. The highest BCUT2D eigenvalue weighted by Crippen LogP contribution is 2.33. The van der Waals surface area contributed by atoms with Gasteiger partial charge in [0.25, 0.3) is 0 Å². The first-order chi connectivity index (χ1) is 18.4. The average molecular weight is 565 g/mol. The van der Waals surface area contributed by atoms with Crippen LogP contribution in [0.25, 0.3) is 0 Å². The maximum Gasteiger partial charge on any atom is 0.508 e. The molecule has 0 atom stereocenters. The fraction of sp³-hybridized carbons (Fsp3) is 0.259. The Morgan fingerprint density at radius 3 is 1.49 bits per heavy atom. The number of alkyl halides is 2. The van der Waals surface area contributed by atoms with Crippen LogP contribution in [0.15, 0.2) is 72.8 Å². The second-order valence-electron chi connectivity index (χ2n) is 8.38. The molecule has 0 aliphatic heterocycles. The Hall–Kier alpha value is -4.19. The lowest BCUT2D eigenvalue weighted by molar-refractivity contribution is 0.0434. The maximum atomic E-state index is 13.8. The van der Waals surface area contributed by atoms with Gasteiger partial charge in [-0.2, -0.15) is 17.2 Å². The molecule has 0 fully saturated rings. The van der Waals surface area contributed by atoms with Crippen molar-refractivity contribution in [3.05, 3.63) is 101 Å². The van der Waals surface area contributed by atoms with Gasteiger partial charge in [0.05, 0.1) is 0 Å². The summed E-state index contributed by atoms with van der Waals surface area (Å²) in [6.07, 6.45) is -2.17. The summed E-state index contributed by atoms with van der Waals surface area (Å²) in [5, 5.41) is -4.25. The van der Waals surface area contributed by atoms with Gasteiger partial charge in [0.15, 0.2) is 5.75 Å². The fourth-order valence-electron chi connectivity index (χ4n) is 3.22. The minimum Gasteiger partial charge on any atom is -0.429 e. The lowest BCUT2D eigenvalue weighted by Crippen LogP contribution is -2.30. The number of aryl methyl sites for hydroxylation is 1. The van der Waals surface area contributed by atoms with Crippen molar-refractivity contribution in [3.63, 3.8) is 0 Å². The van der Waals surface area contributed by atoms with Crippen molar-refractivity contribution < 1.29 is 49.9 Å². The van der Waals surface area contributed by atoms with E-state index in [1.807, 2.05) is 0 Å². The van der Waals surface area contributed by atoms with E-state index in [4.69, 9.17) is 23.1 Å². The third-order valence-corrected chi connectivity index (χ3v) is 6.37. The lowest BCUT2D eigenvalue weighted by atomic mass is 10.1. The van der Waals surface area contributed by atoms with Crippen molar-refractivity contribution >= 4 is 22.4 Å². The molecular formula is C27H26F2O9S. The summed E-state index contributed by atoms with van der Waals surface area (Å²) in [6, 6.07) is 20.3. The molecule has 39 heavy (non-hydrogen) atoms. The van der Waals surface area contributed by atoms with Crippen LogP contribution in [-0.4, -0.2) is 26.0 Å². The lowest BCUT2D eigenvalue weighted by Gasteiger charge is -2.19. The highest BCUT2D eigenvalue weighted by molar-refractivity contribution is 7.88. The predicted molar refractivity (Wildman–Crippen MR) is 134 cm³/mol. The normalized spacial score (nSPS) is 11.4. The first-order valence-electron chi connectivity index (χ1n) is 11.6. The molecule has 3 rings (SSSR count). The molecule has 0 amide bonds. The Morgan fingerprint density at radius 2 is 1.10 bits per heavy atom. The van der Waals surface area contributed by atoms with E-state index in [0.717, 1.165) is 0 Å². The van der Waals surface area contributed by atoms with Crippen LogP contribution in [-0.2, 0) is 55.5 Å². The molecular weight excluding hydrogens is 538 g/mol. The second-order valence-corrected chi connectivity index (χ2v) is 10.2. The largest absolute Gasteiger partial charge is 0.508 e. The molecule has 0 N–H and O–H groups in total. The molecule has 0 spiro atoms. The minimum absolute atomic E-state index is 0.0734. The number of benzene rings is 3.